The number of nitrogens with zero attached hydrogens (tertiary/aromatic N) is 1. The molecule has 1 heterocycles. The lowest BCUT2D eigenvalue weighted by Crippen LogP contribution is -2.41. The van der Waals surface area contributed by atoms with E-state index in [2.05, 4.69) is 5.32 Å². The van der Waals surface area contributed by atoms with Gasteiger partial charge in [-0.15, -0.1) is 0 Å². The van der Waals surface area contributed by atoms with Crippen LogP contribution in [0.3, 0.4) is 0 Å². The van der Waals surface area contributed by atoms with Crippen LogP contribution in [0, 0.1) is 13.8 Å². The zero-order valence-electron chi connectivity index (χ0n) is 16.0. The number of aryl methyl sites for hydroxylation is 2. The average molecular weight is 387 g/mol. The Balaban J connectivity index is 1.85. The summed E-state index contributed by atoms with van der Waals surface area (Å²) in [7, 11) is -3.60. The molecule has 2 aromatic rings. The Hall–Kier alpha value is -2.18. The van der Waals surface area contributed by atoms with Crippen molar-refractivity contribution in [3.63, 3.8) is 0 Å². The smallest absolute Gasteiger partial charge is 0.255 e. The van der Waals surface area contributed by atoms with Crippen molar-refractivity contribution >= 4 is 21.6 Å². The van der Waals surface area contributed by atoms with Gasteiger partial charge in [0.2, 0.25) is 10.0 Å². The lowest BCUT2D eigenvalue weighted by atomic mass is 10.1. The Labute approximate surface area is 161 Å². The average Bonchev–Trinajstić information content (AvgIpc) is 2.61. The van der Waals surface area contributed by atoms with Crippen LogP contribution in [0.4, 0.5) is 5.69 Å². The molecule has 1 aliphatic rings. The summed E-state index contributed by atoms with van der Waals surface area (Å²) in [6, 6.07) is 12.1. The molecule has 6 heteroatoms. The van der Waals surface area contributed by atoms with E-state index >= 15 is 0 Å². The van der Waals surface area contributed by atoms with Crippen molar-refractivity contribution in [3.05, 3.63) is 59.2 Å². The Morgan fingerprint density at radius 3 is 2.44 bits per heavy atom. The molecule has 1 N–H and O–H groups in total. The number of amides is 1. The van der Waals surface area contributed by atoms with Gasteiger partial charge in [0, 0.05) is 23.8 Å². The lowest BCUT2D eigenvalue weighted by Gasteiger charge is -2.32. The number of carbonyl (C=O) groups excluding carboxylic acids is 1. The first-order valence-electron chi connectivity index (χ1n) is 9.29. The van der Waals surface area contributed by atoms with E-state index in [1.165, 1.54) is 6.07 Å². The van der Waals surface area contributed by atoms with Gasteiger partial charge in [0.15, 0.2) is 0 Å². The normalized spacial score (nSPS) is 18.3. The first-order chi connectivity index (χ1) is 12.8. The maximum atomic E-state index is 13.0. The van der Waals surface area contributed by atoms with Gasteiger partial charge < -0.3 is 5.32 Å². The molecule has 0 radical (unpaired) electrons. The molecule has 1 unspecified atom stereocenters. The second-order valence-corrected chi connectivity index (χ2v) is 9.21. The van der Waals surface area contributed by atoms with Gasteiger partial charge in [-0.2, -0.15) is 4.31 Å². The monoisotopic (exact) mass is 386 g/mol. The number of rotatable bonds is 4. The molecular weight excluding hydrogens is 360 g/mol. The highest BCUT2D eigenvalue weighted by atomic mass is 32.2. The molecule has 27 heavy (non-hydrogen) atoms. The Morgan fingerprint density at radius 1 is 1.07 bits per heavy atom. The molecular formula is C21H26N2O3S. The van der Waals surface area contributed by atoms with Crippen molar-refractivity contribution in [1.82, 2.24) is 4.31 Å². The fourth-order valence-electron chi connectivity index (χ4n) is 3.61. The number of hydrogen-bond acceptors (Lipinski definition) is 3. The number of anilines is 1. The van der Waals surface area contributed by atoms with Crippen LogP contribution in [0.15, 0.2) is 47.4 Å². The van der Waals surface area contributed by atoms with Crippen LogP contribution < -0.4 is 5.32 Å². The lowest BCUT2D eigenvalue weighted by molar-refractivity contribution is 0.102. The summed E-state index contributed by atoms with van der Waals surface area (Å²) in [5, 5.41) is 2.86. The van der Waals surface area contributed by atoms with E-state index in [1.54, 1.807) is 22.5 Å². The van der Waals surface area contributed by atoms with Crippen LogP contribution in [0.25, 0.3) is 0 Å². The molecule has 1 amide bonds. The molecule has 1 fully saturated rings. The summed E-state index contributed by atoms with van der Waals surface area (Å²) in [5.74, 6) is -0.316. The van der Waals surface area contributed by atoms with Crippen LogP contribution in [0.2, 0.25) is 0 Å². The third-order valence-electron chi connectivity index (χ3n) is 4.92. The molecule has 1 saturated heterocycles. The van der Waals surface area contributed by atoms with Crippen molar-refractivity contribution in [2.45, 2.75) is 51.0 Å². The fourth-order valence-corrected chi connectivity index (χ4v) is 5.36. The Kier molecular flexibility index (Phi) is 5.67. The standard InChI is InChI=1S/C21H26N2O3S/c1-15-11-16(2)13-19(12-15)22-21(24)18-8-6-9-20(14-18)27(25,26)23-10-5-4-7-17(23)3/h6,8-9,11-14,17H,4-5,7,10H2,1-3H3,(H,22,24). The van der Waals surface area contributed by atoms with E-state index in [0.717, 1.165) is 30.4 Å². The first kappa shape index (κ1) is 19.6. The van der Waals surface area contributed by atoms with Gasteiger partial charge in [-0.25, -0.2) is 8.42 Å². The summed E-state index contributed by atoms with van der Waals surface area (Å²) in [5.41, 5.74) is 3.15. The molecule has 0 aromatic heterocycles. The maximum Gasteiger partial charge on any atom is 0.255 e. The molecule has 0 saturated carbocycles. The molecule has 144 valence electrons. The first-order valence-corrected chi connectivity index (χ1v) is 10.7. The summed E-state index contributed by atoms with van der Waals surface area (Å²) in [6.07, 6.45) is 2.79. The van der Waals surface area contributed by atoms with Crippen molar-refractivity contribution < 1.29 is 13.2 Å². The van der Waals surface area contributed by atoms with Gasteiger partial charge in [-0.05, 0) is 75.1 Å². The Morgan fingerprint density at radius 2 is 1.78 bits per heavy atom. The van der Waals surface area contributed by atoms with E-state index in [0.29, 0.717) is 17.8 Å². The predicted octanol–water partition coefficient (Wildman–Crippen LogP) is 4.12. The Bertz CT molecular complexity index is 933. The van der Waals surface area contributed by atoms with Crippen molar-refractivity contribution in [1.29, 1.82) is 0 Å². The number of hydrogen-bond donors (Lipinski definition) is 1. The van der Waals surface area contributed by atoms with Crippen LogP contribution in [-0.4, -0.2) is 31.2 Å². The topological polar surface area (TPSA) is 66.5 Å². The van der Waals surface area contributed by atoms with E-state index in [-0.39, 0.29) is 16.8 Å². The van der Waals surface area contributed by atoms with Crippen LogP contribution >= 0.6 is 0 Å². The highest BCUT2D eigenvalue weighted by Crippen LogP contribution is 2.26. The molecule has 0 spiro atoms. The quantitative estimate of drug-likeness (QED) is 0.859. The van der Waals surface area contributed by atoms with Gasteiger partial charge >= 0.3 is 0 Å². The van der Waals surface area contributed by atoms with Crippen LogP contribution in [-0.2, 0) is 10.0 Å². The van der Waals surface area contributed by atoms with Gasteiger partial charge in [0.1, 0.15) is 0 Å². The minimum Gasteiger partial charge on any atom is -0.322 e. The van der Waals surface area contributed by atoms with Gasteiger partial charge in [0.25, 0.3) is 5.91 Å². The molecule has 2 aromatic carbocycles. The second kappa shape index (κ2) is 7.82. The minimum absolute atomic E-state index is 0.0171. The summed E-state index contributed by atoms with van der Waals surface area (Å²) < 4.78 is 27.6. The third kappa shape index (κ3) is 4.39. The number of carbonyl (C=O) groups is 1. The zero-order valence-corrected chi connectivity index (χ0v) is 16.8. The van der Waals surface area contributed by atoms with E-state index in [1.807, 2.05) is 39.0 Å². The van der Waals surface area contributed by atoms with Crippen molar-refractivity contribution in [2.75, 3.05) is 11.9 Å². The van der Waals surface area contributed by atoms with E-state index in [4.69, 9.17) is 0 Å². The maximum absolute atomic E-state index is 13.0. The van der Waals surface area contributed by atoms with Crippen LogP contribution in [0.1, 0.15) is 47.7 Å². The molecule has 0 aliphatic carbocycles. The number of piperidine rings is 1. The van der Waals surface area contributed by atoms with Crippen molar-refractivity contribution in [3.8, 4) is 0 Å². The van der Waals surface area contributed by atoms with Crippen molar-refractivity contribution in [2.24, 2.45) is 0 Å². The van der Waals surface area contributed by atoms with Gasteiger partial charge in [-0.1, -0.05) is 18.6 Å². The fraction of sp³-hybridized carbons (Fsp3) is 0.381. The third-order valence-corrected chi connectivity index (χ3v) is 6.93. The van der Waals surface area contributed by atoms with E-state index in [9.17, 15) is 13.2 Å². The highest BCUT2D eigenvalue weighted by molar-refractivity contribution is 7.89. The largest absolute Gasteiger partial charge is 0.322 e. The molecule has 1 aliphatic heterocycles. The summed E-state index contributed by atoms with van der Waals surface area (Å²) in [6.45, 7) is 6.40. The van der Waals surface area contributed by atoms with Crippen LogP contribution in [0.5, 0.6) is 0 Å². The highest BCUT2D eigenvalue weighted by Gasteiger charge is 2.31. The number of sulfonamides is 1. The minimum atomic E-state index is -3.60. The summed E-state index contributed by atoms with van der Waals surface area (Å²) in [4.78, 5) is 12.8. The second-order valence-electron chi connectivity index (χ2n) is 7.32. The predicted molar refractivity (Wildman–Crippen MR) is 108 cm³/mol. The SMILES string of the molecule is Cc1cc(C)cc(NC(=O)c2cccc(S(=O)(=O)N3CCCCC3C)c2)c1. The molecule has 5 nitrogen and oxygen atoms in total. The van der Waals surface area contributed by atoms with Gasteiger partial charge in [0.05, 0.1) is 4.90 Å². The van der Waals surface area contributed by atoms with E-state index < -0.39 is 10.0 Å². The number of benzene rings is 2. The molecule has 0 bridgehead atoms. The molecule has 1 atom stereocenters. The van der Waals surface area contributed by atoms with Gasteiger partial charge in [-0.3, -0.25) is 4.79 Å². The number of nitrogens with one attached hydrogen (secondary N) is 1. The summed E-state index contributed by atoms with van der Waals surface area (Å²) >= 11 is 0. The molecule has 3 rings (SSSR count). The zero-order chi connectivity index (χ0) is 19.6.